The van der Waals surface area contributed by atoms with Crippen molar-refractivity contribution in [2.45, 2.75) is 0 Å². The van der Waals surface area contributed by atoms with Gasteiger partial charge in [-0.3, -0.25) is 4.79 Å². The molecule has 7 heteroatoms. The molecule has 0 fully saturated rings. The maximum atomic E-state index is 12.2. The van der Waals surface area contributed by atoms with Crippen LogP contribution in [0.5, 0.6) is 5.75 Å². The SMILES string of the molecule is COc1cc(Cl)c(NC(=O)c2cc(Cl)cc(Cl)c2)c(Cl)c1. The van der Waals surface area contributed by atoms with E-state index in [4.69, 9.17) is 51.1 Å². The first kappa shape index (κ1) is 16.2. The maximum absolute atomic E-state index is 12.2. The number of benzene rings is 2. The summed E-state index contributed by atoms with van der Waals surface area (Å²) >= 11 is 23.9. The van der Waals surface area contributed by atoms with Crippen molar-refractivity contribution in [3.8, 4) is 5.75 Å². The van der Waals surface area contributed by atoms with Gasteiger partial charge >= 0.3 is 0 Å². The summed E-state index contributed by atoms with van der Waals surface area (Å²) in [5, 5.41) is 3.88. The number of carbonyl (C=O) groups is 1. The van der Waals surface area contributed by atoms with Crippen LogP contribution in [0.25, 0.3) is 0 Å². The smallest absolute Gasteiger partial charge is 0.255 e. The zero-order chi connectivity index (χ0) is 15.6. The fourth-order valence-electron chi connectivity index (χ4n) is 1.66. The van der Waals surface area contributed by atoms with Gasteiger partial charge in [0.15, 0.2) is 0 Å². The highest BCUT2D eigenvalue weighted by molar-refractivity contribution is 6.40. The molecule has 0 saturated heterocycles. The second-order valence-corrected chi connectivity index (χ2v) is 5.77. The summed E-state index contributed by atoms with van der Waals surface area (Å²) in [5.41, 5.74) is 0.593. The lowest BCUT2D eigenvalue weighted by molar-refractivity contribution is 0.102. The number of hydrogen-bond acceptors (Lipinski definition) is 2. The number of anilines is 1. The van der Waals surface area contributed by atoms with Gasteiger partial charge in [0.1, 0.15) is 5.75 Å². The van der Waals surface area contributed by atoms with Gasteiger partial charge in [-0.2, -0.15) is 0 Å². The van der Waals surface area contributed by atoms with E-state index in [1.54, 1.807) is 12.1 Å². The van der Waals surface area contributed by atoms with Crippen LogP contribution in [0, 0.1) is 0 Å². The number of amides is 1. The average Bonchev–Trinajstić information content (AvgIpc) is 2.41. The van der Waals surface area contributed by atoms with Gasteiger partial charge in [-0.25, -0.2) is 0 Å². The Labute approximate surface area is 141 Å². The van der Waals surface area contributed by atoms with Gasteiger partial charge in [-0.1, -0.05) is 46.4 Å². The van der Waals surface area contributed by atoms with Gasteiger partial charge in [0.2, 0.25) is 0 Å². The van der Waals surface area contributed by atoms with Crippen molar-refractivity contribution in [2.24, 2.45) is 0 Å². The molecule has 2 aromatic rings. The van der Waals surface area contributed by atoms with Crippen molar-refractivity contribution in [2.75, 3.05) is 12.4 Å². The highest BCUT2D eigenvalue weighted by Crippen LogP contribution is 2.35. The fraction of sp³-hybridized carbons (Fsp3) is 0.0714. The summed E-state index contributed by atoms with van der Waals surface area (Å²) in [6.07, 6.45) is 0. The molecule has 21 heavy (non-hydrogen) atoms. The summed E-state index contributed by atoms with van der Waals surface area (Å²) in [6.45, 7) is 0. The summed E-state index contributed by atoms with van der Waals surface area (Å²) in [7, 11) is 1.49. The van der Waals surface area contributed by atoms with Crippen molar-refractivity contribution >= 4 is 58.0 Å². The highest BCUT2D eigenvalue weighted by Gasteiger charge is 2.14. The number of ether oxygens (including phenoxy) is 1. The van der Waals surface area contributed by atoms with Crippen LogP contribution in [-0.2, 0) is 0 Å². The molecular formula is C14H9Cl4NO2. The quantitative estimate of drug-likeness (QED) is 0.773. The number of rotatable bonds is 3. The first-order valence-corrected chi connectivity index (χ1v) is 7.22. The van der Waals surface area contributed by atoms with Gasteiger partial charge in [-0.05, 0) is 18.2 Å². The van der Waals surface area contributed by atoms with Crippen LogP contribution in [0.15, 0.2) is 30.3 Å². The molecule has 0 bridgehead atoms. The number of nitrogens with one attached hydrogen (secondary N) is 1. The van der Waals surface area contributed by atoms with Crippen LogP contribution in [0.1, 0.15) is 10.4 Å². The van der Waals surface area contributed by atoms with Crippen molar-refractivity contribution in [3.63, 3.8) is 0 Å². The van der Waals surface area contributed by atoms with Crippen molar-refractivity contribution in [1.29, 1.82) is 0 Å². The van der Waals surface area contributed by atoms with Crippen LogP contribution in [0.3, 0.4) is 0 Å². The number of hydrogen-bond donors (Lipinski definition) is 1. The molecule has 0 aliphatic heterocycles. The molecule has 0 aliphatic rings. The summed E-state index contributed by atoms with van der Waals surface area (Å²) < 4.78 is 5.04. The maximum Gasteiger partial charge on any atom is 0.255 e. The minimum atomic E-state index is -0.423. The summed E-state index contributed by atoms with van der Waals surface area (Å²) in [4.78, 5) is 12.2. The highest BCUT2D eigenvalue weighted by atomic mass is 35.5. The van der Waals surface area contributed by atoms with Gasteiger partial charge in [0.25, 0.3) is 5.91 Å². The van der Waals surface area contributed by atoms with E-state index >= 15 is 0 Å². The Bertz CT molecular complexity index is 660. The number of methoxy groups -OCH3 is 1. The largest absolute Gasteiger partial charge is 0.497 e. The first-order chi connectivity index (χ1) is 9.90. The number of carbonyl (C=O) groups excluding carboxylic acids is 1. The lowest BCUT2D eigenvalue weighted by Gasteiger charge is -2.11. The average molecular weight is 365 g/mol. The molecule has 0 unspecified atom stereocenters. The van der Waals surface area contributed by atoms with Gasteiger partial charge in [0, 0.05) is 27.7 Å². The molecular weight excluding hydrogens is 356 g/mol. The molecule has 1 N–H and O–H groups in total. The van der Waals surface area contributed by atoms with Crippen molar-refractivity contribution in [1.82, 2.24) is 0 Å². The van der Waals surface area contributed by atoms with E-state index < -0.39 is 5.91 Å². The lowest BCUT2D eigenvalue weighted by Crippen LogP contribution is -2.12. The van der Waals surface area contributed by atoms with Gasteiger partial charge in [0.05, 0.1) is 22.8 Å². The second kappa shape index (κ2) is 6.75. The fourth-order valence-corrected chi connectivity index (χ4v) is 2.75. The van der Waals surface area contributed by atoms with Crippen molar-refractivity contribution in [3.05, 3.63) is 56.0 Å². The van der Waals surface area contributed by atoms with Gasteiger partial charge < -0.3 is 10.1 Å². The van der Waals surface area contributed by atoms with E-state index in [0.717, 1.165) is 0 Å². The van der Waals surface area contributed by atoms with Crippen molar-refractivity contribution < 1.29 is 9.53 Å². The van der Waals surface area contributed by atoms with E-state index in [1.165, 1.54) is 25.3 Å². The Morgan fingerprint density at radius 2 is 1.48 bits per heavy atom. The first-order valence-electron chi connectivity index (χ1n) is 5.71. The molecule has 0 atom stereocenters. The van der Waals surface area contributed by atoms with Crippen LogP contribution in [0.4, 0.5) is 5.69 Å². The summed E-state index contributed by atoms with van der Waals surface area (Å²) in [6, 6.07) is 7.62. The van der Waals surface area contributed by atoms with Crippen LogP contribution >= 0.6 is 46.4 Å². The molecule has 3 nitrogen and oxygen atoms in total. The Hall–Kier alpha value is -1.13. The van der Waals surface area contributed by atoms with E-state index in [2.05, 4.69) is 5.32 Å². The third-order valence-corrected chi connectivity index (χ3v) is 3.65. The minimum absolute atomic E-state index is 0.265. The standard InChI is InChI=1S/C14H9Cl4NO2/c1-21-10-5-11(17)13(12(18)6-10)19-14(20)7-2-8(15)4-9(16)3-7/h2-6H,1H3,(H,19,20). The normalized spacial score (nSPS) is 10.3. The van der Waals surface area contributed by atoms with E-state index in [1.807, 2.05) is 0 Å². The molecule has 0 saturated carbocycles. The van der Waals surface area contributed by atoms with Crippen LogP contribution in [-0.4, -0.2) is 13.0 Å². The summed E-state index contributed by atoms with van der Waals surface area (Å²) in [5.74, 6) is 0.0714. The third kappa shape index (κ3) is 3.95. The molecule has 0 aliphatic carbocycles. The zero-order valence-electron chi connectivity index (χ0n) is 10.7. The second-order valence-electron chi connectivity index (χ2n) is 4.08. The predicted octanol–water partition coefficient (Wildman–Crippen LogP) is 5.56. The zero-order valence-corrected chi connectivity index (χ0v) is 13.7. The Balaban J connectivity index is 2.31. The molecule has 0 spiro atoms. The number of halogens is 4. The van der Waals surface area contributed by atoms with E-state index in [-0.39, 0.29) is 10.0 Å². The molecule has 0 heterocycles. The molecule has 1 amide bonds. The monoisotopic (exact) mass is 363 g/mol. The molecule has 110 valence electrons. The predicted molar refractivity (Wildman–Crippen MR) is 87.4 cm³/mol. The Morgan fingerprint density at radius 1 is 0.952 bits per heavy atom. The Morgan fingerprint density at radius 3 is 1.95 bits per heavy atom. The van der Waals surface area contributed by atoms with E-state index in [9.17, 15) is 4.79 Å². The van der Waals surface area contributed by atoms with E-state index in [0.29, 0.717) is 27.0 Å². The third-order valence-electron chi connectivity index (χ3n) is 2.61. The molecule has 0 radical (unpaired) electrons. The topological polar surface area (TPSA) is 38.3 Å². The van der Waals surface area contributed by atoms with Crippen LogP contribution < -0.4 is 10.1 Å². The van der Waals surface area contributed by atoms with Crippen LogP contribution in [0.2, 0.25) is 20.1 Å². The lowest BCUT2D eigenvalue weighted by atomic mass is 10.2. The molecule has 2 aromatic carbocycles. The van der Waals surface area contributed by atoms with Gasteiger partial charge in [-0.15, -0.1) is 0 Å². The minimum Gasteiger partial charge on any atom is -0.497 e. The molecule has 0 aromatic heterocycles. The Kier molecular flexibility index (Phi) is 5.22. The molecule has 2 rings (SSSR count).